The van der Waals surface area contributed by atoms with E-state index in [2.05, 4.69) is 10.6 Å². The highest BCUT2D eigenvalue weighted by atomic mass is 16.5. The van der Waals surface area contributed by atoms with Gasteiger partial charge < -0.3 is 20.1 Å². The van der Waals surface area contributed by atoms with Crippen molar-refractivity contribution in [1.29, 1.82) is 0 Å². The van der Waals surface area contributed by atoms with Crippen molar-refractivity contribution >= 4 is 11.6 Å². The average Bonchev–Trinajstić information content (AvgIpc) is 2.76. The molecule has 0 aliphatic heterocycles. The van der Waals surface area contributed by atoms with Gasteiger partial charge in [-0.2, -0.15) is 0 Å². The van der Waals surface area contributed by atoms with Gasteiger partial charge in [0.2, 0.25) is 5.91 Å². The Labute approximate surface area is 171 Å². The molecule has 1 amide bonds. The number of hydrogen-bond donors (Lipinski definition) is 2. The van der Waals surface area contributed by atoms with Gasteiger partial charge in [-0.15, -0.1) is 0 Å². The molecule has 0 fully saturated rings. The van der Waals surface area contributed by atoms with Crippen LogP contribution >= 0.6 is 0 Å². The summed E-state index contributed by atoms with van der Waals surface area (Å²) in [7, 11) is 3.27. The maximum atomic E-state index is 12.7. The van der Waals surface area contributed by atoms with Crippen molar-refractivity contribution < 1.29 is 14.3 Å². The SMILES string of the molecule is COc1ccc(C(NC(=O)CNc2cccc(C)c2)c2ccc(OC)cc2)cc1. The lowest BCUT2D eigenvalue weighted by atomic mass is 9.98. The second-order valence-corrected chi connectivity index (χ2v) is 6.77. The predicted octanol–water partition coefficient (Wildman–Crippen LogP) is 4.33. The Bertz CT molecular complexity index is 890. The molecule has 3 aromatic rings. The van der Waals surface area contributed by atoms with Crippen LogP contribution in [0.1, 0.15) is 22.7 Å². The molecule has 0 spiro atoms. The van der Waals surface area contributed by atoms with Gasteiger partial charge in [-0.1, -0.05) is 36.4 Å². The first kappa shape index (κ1) is 20.3. The second-order valence-electron chi connectivity index (χ2n) is 6.77. The minimum atomic E-state index is -0.279. The lowest BCUT2D eigenvalue weighted by molar-refractivity contribution is -0.119. The summed E-state index contributed by atoms with van der Waals surface area (Å²) in [6.07, 6.45) is 0. The maximum absolute atomic E-state index is 12.7. The third-order valence-electron chi connectivity index (χ3n) is 4.67. The van der Waals surface area contributed by atoms with Gasteiger partial charge >= 0.3 is 0 Å². The van der Waals surface area contributed by atoms with E-state index in [1.165, 1.54) is 0 Å². The van der Waals surface area contributed by atoms with Crippen molar-refractivity contribution in [1.82, 2.24) is 5.32 Å². The zero-order chi connectivity index (χ0) is 20.6. The minimum Gasteiger partial charge on any atom is -0.497 e. The van der Waals surface area contributed by atoms with Gasteiger partial charge in [-0.05, 0) is 60.0 Å². The number of amides is 1. The first-order valence-corrected chi connectivity index (χ1v) is 9.47. The molecule has 3 rings (SSSR count). The number of anilines is 1. The topological polar surface area (TPSA) is 59.6 Å². The van der Waals surface area contributed by atoms with Crippen molar-refractivity contribution in [3.8, 4) is 11.5 Å². The molecule has 0 unspecified atom stereocenters. The Morgan fingerprint density at radius 2 is 1.41 bits per heavy atom. The van der Waals surface area contributed by atoms with E-state index >= 15 is 0 Å². The molecule has 0 saturated heterocycles. The lowest BCUT2D eigenvalue weighted by Gasteiger charge is -2.21. The number of benzene rings is 3. The smallest absolute Gasteiger partial charge is 0.240 e. The summed E-state index contributed by atoms with van der Waals surface area (Å²) in [4.78, 5) is 12.7. The van der Waals surface area contributed by atoms with Crippen LogP contribution in [-0.4, -0.2) is 26.7 Å². The third-order valence-corrected chi connectivity index (χ3v) is 4.67. The highest BCUT2D eigenvalue weighted by Crippen LogP contribution is 2.26. The molecular formula is C24H26N2O3. The van der Waals surface area contributed by atoms with Gasteiger partial charge in [-0.25, -0.2) is 0 Å². The van der Waals surface area contributed by atoms with Crippen LogP contribution in [0.15, 0.2) is 72.8 Å². The van der Waals surface area contributed by atoms with Gasteiger partial charge in [0.05, 0.1) is 26.8 Å². The molecule has 0 bridgehead atoms. The number of aryl methyl sites for hydroxylation is 1. The number of rotatable bonds is 8. The number of methoxy groups -OCH3 is 2. The number of carbonyl (C=O) groups excluding carboxylic acids is 1. The molecule has 5 nitrogen and oxygen atoms in total. The van der Waals surface area contributed by atoms with E-state index in [1.807, 2.05) is 79.7 Å². The molecule has 5 heteroatoms. The van der Waals surface area contributed by atoms with Crippen LogP contribution in [0.25, 0.3) is 0 Å². The molecule has 2 N–H and O–H groups in total. The summed E-state index contributed by atoms with van der Waals surface area (Å²) in [5, 5.41) is 6.30. The molecule has 0 atom stereocenters. The van der Waals surface area contributed by atoms with E-state index in [0.29, 0.717) is 0 Å². The van der Waals surface area contributed by atoms with Gasteiger partial charge in [0.1, 0.15) is 11.5 Å². The highest BCUT2D eigenvalue weighted by Gasteiger charge is 2.17. The Hall–Kier alpha value is -3.47. The second kappa shape index (κ2) is 9.64. The molecule has 150 valence electrons. The molecule has 0 aromatic heterocycles. The summed E-state index contributed by atoms with van der Waals surface area (Å²) >= 11 is 0. The third kappa shape index (κ3) is 5.51. The van der Waals surface area contributed by atoms with Crippen molar-refractivity contribution in [2.45, 2.75) is 13.0 Å². The van der Waals surface area contributed by atoms with Crippen LogP contribution in [0.3, 0.4) is 0 Å². The van der Waals surface area contributed by atoms with Gasteiger partial charge in [0.15, 0.2) is 0 Å². The predicted molar refractivity (Wildman–Crippen MR) is 116 cm³/mol. The van der Waals surface area contributed by atoms with E-state index in [0.717, 1.165) is 33.9 Å². The van der Waals surface area contributed by atoms with Crippen molar-refractivity contribution in [3.63, 3.8) is 0 Å². The van der Waals surface area contributed by atoms with Gasteiger partial charge in [0, 0.05) is 5.69 Å². The Morgan fingerprint density at radius 1 is 0.862 bits per heavy atom. The normalized spacial score (nSPS) is 10.5. The Morgan fingerprint density at radius 3 is 1.90 bits per heavy atom. The van der Waals surface area contributed by atoms with Gasteiger partial charge in [-0.3, -0.25) is 4.79 Å². The van der Waals surface area contributed by atoms with E-state index in [1.54, 1.807) is 14.2 Å². The first-order valence-electron chi connectivity index (χ1n) is 9.47. The van der Waals surface area contributed by atoms with Crippen molar-refractivity contribution in [2.75, 3.05) is 26.1 Å². The summed E-state index contributed by atoms with van der Waals surface area (Å²) in [6, 6.07) is 23.1. The fraction of sp³-hybridized carbons (Fsp3) is 0.208. The fourth-order valence-corrected chi connectivity index (χ4v) is 3.10. The number of nitrogens with one attached hydrogen (secondary N) is 2. The zero-order valence-corrected chi connectivity index (χ0v) is 16.9. The van der Waals surface area contributed by atoms with Crippen molar-refractivity contribution in [3.05, 3.63) is 89.5 Å². The molecule has 0 aliphatic carbocycles. The van der Waals surface area contributed by atoms with E-state index in [-0.39, 0.29) is 18.5 Å². The van der Waals surface area contributed by atoms with Gasteiger partial charge in [0.25, 0.3) is 0 Å². The number of hydrogen-bond acceptors (Lipinski definition) is 4. The maximum Gasteiger partial charge on any atom is 0.240 e. The summed E-state index contributed by atoms with van der Waals surface area (Å²) in [5.41, 5.74) is 4.01. The lowest BCUT2D eigenvalue weighted by Crippen LogP contribution is -2.34. The van der Waals surface area contributed by atoms with Crippen LogP contribution in [0, 0.1) is 6.92 Å². The van der Waals surface area contributed by atoms with Crippen LogP contribution in [0.5, 0.6) is 11.5 Å². The average molecular weight is 390 g/mol. The molecule has 3 aromatic carbocycles. The molecule has 0 saturated carbocycles. The van der Waals surface area contributed by atoms with E-state index < -0.39 is 0 Å². The van der Waals surface area contributed by atoms with Crippen LogP contribution in [0.4, 0.5) is 5.69 Å². The van der Waals surface area contributed by atoms with Crippen LogP contribution < -0.4 is 20.1 Å². The monoisotopic (exact) mass is 390 g/mol. The molecule has 0 heterocycles. The summed E-state index contributed by atoms with van der Waals surface area (Å²) in [6.45, 7) is 2.21. The largest absolute Gasteiger partial charge is 0.497 e. The molecular weight excluding hydrogens is 364 g/mol. The van der Waals surface area contributed by atoms with Crippen LogP contribution in [0.2, 0.25) is 0 Å². The van der Waals surface area contributed by atoms with Crippen molar-refractivity contribution in [2.24, 2.45) is 0 Å². The summed E-state index contributed by atoms with van der Waals surface area (Å²) in [5.74, 6) is 1.45. The first-order chi connectivity index (χ1) is 14.1. The van der Waals surface area contributed by atoms with E-state index in [9.17, 15) is 4.79 Å². The number of carbonyl (C=O) groups is 1. The Balaban J connectivity index is 1.76. The Kier molecular flexibility index (Phi) is 6.74. The molecule has 29 heavy (non-hydrogen) atoms. The quantitative estimate of drug-likeness (QED) is 0.601. The molecule has 0 aliphatic rings. The summed E-state index contributed by atoms with van der Waals surface area (Å²) < 4.78 is 10.5. The standard InChI is InChI=1S/C24H26N2O3/c1-17-5-4-6-20(15-17)25-16-23(27)26-24(18-7-11-21(28-2)12-8-18)19-9-13-22(29-3)14-10-19/h4-15,24-25H,16H2,1-3H3,(H,26,27). The van der Waals surface area contributed by atoms with Crippen LogP contribution in [-0.2, 0) is 4.79 Å². The minimum absolute atomic E-state index is 0.0943. The fourth-order valence-electron chi connectivity index (χ4n) is 3.10. The zero-order valence-electron chi connectivity index (χ0n) is 16.9. The van der Waals surface area contributed by atoms with E-state index in [4.69, 9.17) is 9.47 Å². The molecule has 0 radical (unpaired) electrons. The number of ether oxygens (including phenoxy) is 2. The highest BCUT2D eigenvalue weighted by molar-refractivity contribution is 5.81.